The summed E-state index contributed by atoms with van der Waals surface area (Å²) in [5.74, 6) is 0.471. The molecule has 3 aromatic rings. The Morgan fingerprint density at radius 2 is 1.86 bits per heavy atom. The van der Waals surface area contributed by atoms with Crippen LogP contribution in [0, 0.1) is 0 Å². The van der Waals surface area contributed by atoms with E-state index in [1.54, 1.807) is 10.7 Å². The highest BCUT2D eigenvalue weighted by Gasteiger charge is 2.15. The molecule has 0 atom stereocenters. The van der Waals surface area contributed by atoms with Crippen LogP contribution in [-0.4, -0.2) is 52.4 Å². The van der Waals surface area contributed by atoms with Crippen LogP contribution in [0.4, 0.5) is 11.4 Å². The van der Waals surface area contributed by atoms with E-state index in [-0.39, 0.29) is 11.9 Å². The predicted molar refractivity (Wildman–Crippen MR) is 111 cm³/mol. The third kappa shape index (κ3) is 4.27. The zero-order chi connectivity index (χ0) is 20.2. The molecule has 1 fully saturated rings. The van der Waals surface area contributed by atoms with Crippen molar-refractivity contribution in [2.75, 3.05) is 36.5 Å². The molecule has 2 aromatic carbocycles. The molecule has 1 saturated heterocycles. The number of aromatic nitrogens is 4. The molecule has 0 unspecified atom stereocenters. The standard InChI is InChI=1S/C21H24N6O2/c1-15(2)27-20(23-24-25-27)16-4-3-5-17(14-16)21(28)22-18-6-8-19(9-7-18)26-10-12-29-13-11-26/h3-9,14-15H,10-13H2,1-2H3,(H,22,28). The highest BCUT2D eigenvalue weighted by molar-refractivity contribution is 6.04. The minimum absolute atomic E-state index is 0.127. The normalized spacial score (nSPS) is 14.2. The molecule has 1 amide bonds. The molecule has 0 aliphatic carbocycles. The van der Waals surface area contributed by atoms with Crippen LogP contribution < -0.4 is 10.2 Å². The molecule has 4 rings (SSSR count). The summed E-state index contributed by atoms with van der Waals surface area (Å²) in [5.41, 5.74) is 3.25. The van der Waals surface area contributed by atoms with Crippen LogP contribution in [0.5, 0.6) is 0 Å². The second-order valence-corrected chi connectivity index (χ2v) is 7.22. The Balaban J connectivity index is 1.48. The van der Waals surface area contributed by atoms with Gasteiger partial charge in [0.1, 0.15) is 0 Å². The minimum Gasteiger partial charge on any atom is -0.378 e. The maximum absolute atomic E-state index is 12.7. The lowest BCUT2D eigenvalue weighted by molar-refractivity contribution is 0.102. The summed E-state index contributed by atoms with van der Waals surface area (Å²) in [6, 6.07) is 15.3. The van der Waals surface area contributed by atoms with Crippen LogP contribution in [0.1, 0.15) is 30.2 Å². The van der Waals surface area contributed by atoms with E-state index in [4.69, 9.17) is 4.74 Å². The molecule has 8 nitrogen and oxygen atoms in total. The van der Waals surface area contributed by atoms with E-state index >= 15 is 0 Å². The number of benzene rings is 2. The van der Waals surface area contributed by atoms with Crippen LogP contribution in [0.2, 0.25) is 0 Å². The number of morpholine rings is 1. The fraction of sp³-hybridized carbons (Fsp3) is 0.333. The average molecular weight is 392 g/mol. The maximum Gasteiger partial charge on any atom is 0.255 e. The first-order valence-corrected chi connectivity index (χ1v) is 9.74. The third-order valence-corrected chi connectivity index (χ3v) is 4.87. The molecule has 1 aromatic heterocycles. The summed E-state index contributed by atoms with van der Waals surface area (Å²) < 4.78 is 7.13. The lowest BCUT2D eigenvalue weighted by Gasteiger charge is -2.28. The van der Waals surface area contributed by atoms with E-state index in [1.165, 1.54) is 0 Å². The molecule has 1 N–H and O–H groups in total. The summed E-state index contributed by atoms with van der Waals surface area (Å²) in [5, 5.41) is 14.8. The number of anilines is 2. The number of hydrogen-bond donors (Lipinski definition) is 1. The zero-order valence-corrected chi connectivity index (χ0v) is 16.6. The van der Waals surface area contributed by atoms with Gasteiger partial charge < -0.3 is 15.0 Å². The van der Waals surface area contributed by atoms with Crippen LogP contribution >= 0.6 is 0 Å². The van der Waals surface area contributed by atoms with Gasteiger partial charge in [-0.25, -0.2) is 4.68 Å². The summed E-state index contributed by atoms with van der Waals surface area (Å²) >= 11 is 0. The first-order chi connectivity index (χ1) is 14.1. The fourth-order valence-electron chi connectivity index (χ4n) is 3.31. The smallest absolute Gasteiger partial charge is 0.255 e. The number of rotatable bonds is 5. The summed E-state index contributed by atoms with van der Waals surface area (Å²) in [6.45, 7) is 7.28. The van der Waals surface area contributed by atoms with Crippen molar-refractivity contribution in [2.45, 2.75) is 19.9 Å². The molecule has 150 valence electrons. The Labute approximate surface area is 169 Å². The SMILES string of the molecule is CC(C)n1nnnc1-c1cccc(C(=O)Nc2ccc(N3CCOCC3)cc2)c1. The van der Waals surface area contributed by atoms with E-state index in [0.717, 1.165) is 43.2 Å². The summed E-state index contributed by atoms with van der Waals surface area (Å²) in [4.78, 5) is 15.0. The zero-order valence-electron chi connectivity index (χ0n) is 16.6. The van der Waals surface area contributed by atoms with Gasteiger partial charge in [-0.3, -0.25) is 4.79 Å². The van der Waals surface area contributed by atoms with Crippen molar-refractivity contribution >= 4 is 17.3 Å². The molecule has 0 bridgehead atoms. The van der Waals surface area contributed by atoms with Gasteiger partial charge >= 0.3 is 0 Å². The number of hydrogen-bond acceptors (Lipinski definition) is 6. The van der Waals surface area contributed by atoms with E-state index in [1.807, 2.05) is 56.3 Å². The van der Waals surface area contributed by atoms with Crippen LogP contribution in [0.15, 0.2) is 48.5 Å². The van der Waals surface area contributed by atoms with Gasteiger partial charge in [-0.15, -0.1) is 5.10 Å². The van der Waals surface area contributed by atoms with Crippen molar-refractivity contribution < 1.29 is 9.53 Å². The molecule has 0 radical (unpaired) electrons. The number of amides is 1. The highest BCUT2D eigenvalue weighted by Crippen LogP contribution is 2.22. The number of nitrogens with zero attached hydrogens (tertiary/aromatic N) is 5. The molecule has 0 spiro atoms. The third-order valence-electron chi connectivity index (χ3n) is 4.87. The fourth-order valence-corrected chi connectivity index (χ4v) is 3.31. The Morgan fingerprint density at radius 3 is 2.59 bits per heavy atom. The number of tetrazole rings is 1. The van der Waals surface area contributed by atoms with Gasteiger partial charge in [-0.1, -0.05) is 12.1 Å². The maximum atomic E-state index is 12.7. The average Bonchev–Trinajstić information content (AvgIpc) is 3.25. The second-order valence-electron chi connectivity index (χ2n) is 7.22. The second kappa shape index (κ2) is 8.40. The number of carbonyl (C=O) groups excluding carboxylic acids is 1. The Kier molecular flexibility index (Phi) is 5.53. The van der Waals surface area contributed by atoms with Gasteiger partial charge in [0.25, 0.3) is 5.91 Å². The minimum atomic E-state index is -0.172. The summed E-state index contributed by atoms with van der Waals surface area (Å²) in [7, 11) is 0. The highest BCUT2D eigenvalue weighted by atomic mass is 16.5. The van der Waals surface area contributed by atoms with Crippen molar-refractivity contribution in [2.24, 2.45) is 0 Å². The predicted octanol–water partition coefficient (Wildman–Crippen LogP) is 3.01. The first kappa shape index (κ1) is 19.1. The summed E-state index contributed by atoms with van der Waals surface area (Å²) in [6.07, 6.45) is 0. The Hall–Kier alpha value is -3.26. The van der Waals surface area contributed by atoms with Crippen molar-refractivity contribution in [3.8, 4) is 11.4 Å². The molecule has 8 heteroatoms. The molecule has 0 saturated carbocycles. The monoisotopic (exact) mass is 392 g/mol. The first-order valence-electron chi connectivity index (χ1n) is 9.74. The van der Waals surface area contributed by atoms with Crippen molar-refractivity contribution in [3.63, 3.8) is 0 Å². The largest absolute Gasteiger partial charge is 0.378 e. The molecular weight excluding hydrogens is 368 g/mol. The van der Waals surface area contributed by atoms with Gasteiger partial charge in [-0.2, -0.15) is 0 Å². The van der Waals surface area contributed by atoms with Crippen molar-refractivity contribution in [3.05, 3.63) is 54.1 Å². The van der Waals surface area contributed by atoms with Gasteiger partial charge in [0, 0.05) is 35.6 Å². The Bertz CT molecular complexity index is 977. The van der Waals surface area contributed by atoms with E-state index < -0.39 is 0 Å². The molecule has 29 heavy (non-hydrogen) atoms. The molecule has 2 heterocycles. The quantitative estimate of drug-likeness (QED) is 0.718. The van der Waals surface area contributed by atoms with Gasteiger partial charge in [-0.05, 0) is 60.7 Å². The molecule has 1 aliphatic heterocycles. The molecular formula is C21H24N6O2. The lowest BCUT2D eigenvalue weighted by atomic mass is 10.1. The van der Waals surface area contributed by atoms with Gasteiger partial charge in [0.2, 0.25) is 0 Å². The number of ether oxygens (including phenoxy) is 1. The topological polar surface area (TPSA) is 85.2 Å². The van der Waals surface area contributed by atoms with Crippen molar-refractivity contribution in [1.29, 1.82) is 0 Å². The number of carbonyl (C=O) groups is 1. The lowest BCUT2D eigenvalue weighted by Crippen LogP contribution is -2.36. The van der Waals surface area contributed by atoms with Crippen LogP contribution in [-0.2, 0) is 4.74 Å². The van der Waals surface area contributed by atoms with E-state index in [0.29, 0.717) is 11.4 Å². The van der Waals surface area contributed by atoms with Crippen LogP contribution in [0.3, 0.4) is 0 Å². The molecule has 1 aliphatic rings. The van der Waals surface area contributed by atoms with Gasteiger partial charge in [0.15, 0.2) is 5.82 Å². The van der Waals surface area contributed by atoms with Gasteiger partial charge in [0.05, 0.1) is 19.3 Å². The van der Waals surface area contributed by atoms with E-state index in [2.05, 4.69) is 25.7 Å². The van der Waals surface area contributed by atoms with Crippen LogP contribution in [0.25, 0.3) is 11.4 Å². The Morgan fingerprint density at radius 1 is 1.10 bits per heavy atom. The van der Waals surface area contributed by atoms with E-state index in [9.17, 15) is 4.79 Å². The number of nitrogens with one attached hydrogen (secondary N) is 1. The van der Waals surface area contributed by atoms with Crippen molar-refractivity contribution in [1.82, 2.24) is 20.2 Å².